The van der Waals surface area contributed by atoms with Gasteiger partial charge in [-0.25, -0.2) is 9.97 Å². The minimum absolute atomic E-state index is 0.476. The molecule has 0 spiro atoms. The molecule has 0 fully saturated rings. The molecule has 10 rings (SSSR count). The number of fused-ring (bicyclic) bond motifs is 4. The third kappa shape index (κ3) is 5.22. The zero-order valence-electron chi connectivity index (χ0n) is 27.9. The van der Waals surface area contributed by atoms with Crippen molar-refractivity contribution in [1.82, 2.24) is 24.5 Å². The van der Waals surface area contributed by atoms with E-state index in [0.717, 1.165) is 77.7 Å². The molecule has 0 unspecified atom stereocenters. The van der Waals surface area contributed by atoms with Gasteiger partial charge in [-0.05, 0) is 46.5 Å². The van der Waals surface area contributed by atoms with Crippen LogP contribution in [0.4, 0.5) is 0 Å². The molecule has 0 bridgehead atoms. The molecular weight excluding hydrogens is 639 g/mol. The molecule has 0 aliphatic carbocycles. The maximum Gasteiger partial charge on any atom is 0.240 e. The van der Waals surface area contributed by atoms with Crippen LogP contribution in [-0.2, 0) is 0 Å². The predicted octanol–water partition coefficient (Wildman–Crippen LogP) is 11.4. The lowest BCUT2D eigenvalue weighted by molar-refractivity contribution is 0.669. The third-order valence-electron chi connectivity index (χ3n) is 9.46. The van der Waals surface area contributed by atoms with Crippen molar-refractivity contribution in [3.05, 3.63) is 176 Å². The van der Waals surface area contributed by atoms with Crippen LogP contribution in [0.3, 0.4) is 0 Å². The Hall–Kier alpha value is -7.18. The van der Waals surface area contributed by atoms with Gasteiger partial charge in [-0.2, -0.15) is 9.97 Å². The quantitative estimate of drug-likeness (QED) is 0.176. The molecule has 0 N–H and O–H groups in total. The second-order valence-corrected chi connectivity index (χ2v) is 12.7. The summed E-state index contributed by atoms with van der Waals surface area (Å²) in [7, 11) is 0. The second kappa shape index (κ2) is 12.3. The number of hydrogen-bond donors (Lipinski definition) is 0. The average Bonchev–Trinajstić information content (AvgIpc) is 3.78. The monoisotopic (exact) mass is 667 g/mol. The van der Waals surface area contributed by atoms with Crippen LogP contribution in [-0.4, -0.2) is 24.5 Å². The Balaban J connectivity index is 1.25. The van der Waals surface area contributed by atoms with Crippen LogP contribution in [0.25, 0.3) is 95.3 Å². The van der Waals surface area contributed by atoms with Gasteiger partial charge in [0, 0.05) is 33.5 Å². The van der Waals surface area contributed by atoms with E-state index in [1.165, 1.54) is 0 Å². The summed E-state index contributed by atoms with van der Waals surface area (Å²) in [5.74, 6) is 2.34. The number of aromatic nitrogens is 5. The minimum atomic E-state index is 0.476. The maximum absolute atomic E-state index is 6.28. The maximum atomic E-state index is 6.28. The highest BCUT2D eigenvalue weighted by atomic mass is 16.3. The van der Waals surface area contributed by atoms with Crippen molar-refractivity contribution in [3.63, 3.8) is 0 Å². The van der Waals surface area contributed by atoms with E-state index < -0.39 is 0 Å². The van der Waals surface area contributed by atoms with Crippen molar-refractivity contribution >= 4 is 33.0 Å². The van der Waals surface area contributed by atoms with Crippen molar-refractivity contribution in [3.8, 4) is 62.4 Å². The van der Waals surface area contributed by atoms with E-state index >= 15 is 0 Å². The van der Waals surface area contributed by atoms with Gasteiger partial charge in [-0.1, -0.05) is 146 Å². The Morgan fingerprint density at radius 2 is 0.885 bits per heavy atom. The van der Waals surface area contributed by atoms with Crippen molar-refractivity contribution < 1.29 is 4.42 Å². The molecule has 0 aliphatic rings. The number of para-hydroxylation sites is 1. The summed E-state index contributed by atoms with van der Waals surface area (Å²) >= 11 is 0. The van der Waals surface area contributed by atoms with Crippen LogP contribution < -0.4 is 0 Å². The number of rotatable bonds is 6. The topological polar surface area (TPSA) is 69.6 Å². The normalized spacial score (nSPS) is 11.5. The molecule has 10 aromatic rings. The lowest BCUT2D eigenvalue weighted by atomic mass is 10.0. The lowest BCUT2D eigenvalue weighted by Gasteiger charge is -2.13. The lowest BCUT2D eigenvalue weighted by Crippen LogP contribution is -2.08. The number of benzene rings is 7. The van der Waals surface area contributed by atoms with Gasteiger partial charge in [-0.3, -0.25) is 4.57 Å². The van der Waals surface area contributed by atoms with E-state index in [9.17, 15) is 0 Å². The summed E-state index contributed by atoms with van der Waals surface area (Å²) in [6, 6.07) is 59.9. The fourth-order valence-electron chi connectivity index (χ4n) is 6.94. The highest BCUT2D eigenvalue weighted by Gasteiger charge is 2.22. The molecule has 3 aromatic heterocycles. The molecule has 0 atom stereocenters. The molecule has 0 saturated heterocycles. The second-order valence-electron chi connectivity index (χ2n) is 12.7. The molecule has 6 nitrogen and oxygen atoms in total. The smallest absolute Gasteiger partial charge is 0.240 e. The summed E-state index contributed by atoms with van der Waals surface area (Å²) in [5, 5.41) is 2.05. The fourth-order valence-corrected chi connectivity index (χ4v) is 6.94. The SMILES string of the molecule is c1ccc(-c2cccc(-c3nc(-c4cccc(-c5ccccc5)c4)nc(-n4c(-c5ccccc5)nc5cc6oc7ccccc7c6cc54)n3)c2)cc1. The van der Waals surface area contributed by atoms with E-state index in [1.807, 2.05) is 54.6 Å². The van der Waals surface area contributed by atoms with E-state index in [4.69, 9.17) is 24.4 Å². The minimum Gasteiger partial charge on any atom is -0.456 e. The van der Waals surface area contributed by atoms with Gasteiger partial charge in [0.15, 0.2) is 11.6 Å². The molecule has 3 heterocycles. The first-order valence-electron chi connectivity index (χ1n) is 17.2. The highest BCUT2D eigenvalue weighted by molar-refractivity contribution is 6.09. The molecule has 6 heteroatoms. The standard InChI is InChI=1S/C46H29N5O/c1-4-14-30(15-5-1)33-20-12-22-35(26-33)43-48-44(36-23-13-21-34(27-36)31-16-6-2-7-17-31)50-46(49-43)51-40-28-38-37-24-10-11-25-41(37)52-42(38)29-39(40)47-45(51)32-18-8-3-9-19-32/h1-29H. The van der Waals surface area contributed by atoms with Gasteiger partial charge < -0.3 is 4.42 Å². The van der Waals surface area contributed by atoms with Crippen molar-refractivity contribution in [1.29, 1.82) is 0 Å². The number of furan rings is 1. The van der Waals surface area contributed by atoms with E-state index in [1.54, 1.807) is 0 Å². The van der Waals surface area contributed by atoms with Crippen LogP contribution in [0.5, 0.6) is 0 Å². The van der Waals surface area contributed by atoms with Crippen LogP contribution >= 0.6 is 0 Å². The van der Waals surface area contributed by atoms with Gasteiger partial charge in [0.05, 0.1) is 11.0 Å². The van der Waals surface area contributed by atoms with Crippen LogP contribution in [0, 0.1) is 0 Å². The van der Waals surface area contributed by atoms with Gasteiger partial charge in [0.1, 0.15) is 17.0 Å². The summed E-state index contributed by atoms with van der Waals surface area (Å²) in [6.45, 7) is 0. The van der Waals surface area contributed by atoms with Crippen molar-refractivity contribution in [2.45, 2.75) is 0 Å². The van der Waals surface area contributed by atoms with Crippen molar-refractivity contribution in [2.75, 3.05) is 0 Å². The number of nitrogens with zero attached hydrogens (tertiary/aromatic N) is 5. The molecule has 0 radical (unpaired) electrons. The molecular formula is C46H29N5O. The Morgan fingerprint density at radius 3 is 1.50 bits per heavy atom. The zero-order valence-corrected chi connectivity index (χ0v) is 27.9. The summed E-state index contributed by atoms with van der Waals surface area (Å²) in [4.78, 5) is 20.8. The summed E-state index contributed by atoms with van der Waals surface area (Å²) in [6.07, 6.45) is 0. The van der Waals surface area contributed by atoms with Crippen LogP contribution in [0.1, 0.15) is 0 Å². The van der Waals surface area contributed by atoms with Crippen molar-refractivity contribution in [2.24, 2.45) is 0 Å². The zero-order chi connectivity index (χ0) is 34.4. The van der Waals surface area contributed by atoms with Gasteiger partial charge in [0.25, 0.3) is 0 Å². The first kappa shape index (κ1) is 29.7. The van der Waals surface area contributed by atoms with Gasteiger partial charge in [-0.15, -0.1) is 0 Å². The summed E-state index contributed by atoms with van der Waals surface area (Å²) in [5.41, 5.74) is 10.4. The van der Waals surface area contributed by atoms with E-state index in [-0.39, 0.29) is 0 Å². The fraction of sp³-hybridized carbons (Fsp3) is 0. The molecule has 0 aliphatic heterocycles. The Kier molecular flexibility index (Phi) is 7.03. The molecule has 244 valence electrons. The first-order valence-corrected chi connectivity index (χ1v) is 17.2. The Labute approximate surface area is 299 Å². The molecule has 7 aromatic carbocycles. The molecule has 52 heavy (non-hydrogen) atoms. The van der Waals surface area contributed by atoms with Gasteiger partial charge >= 0.3 is 0 Å². The average molecular weight is 668 g/mol. The largest absolute Gasteiger partial charge is 0.456 e. The van der Waals surface area contributed by atoms with Crippen LogP contribution in [0.2, 0.25) is 0 Å². The Morgan fingerprint density at radius 1 is 0.365 bits per heavy atom. The van der Waals surface area contributed by atoms with E-state index in [0.29, 0.717) is 17.6 Å². The Bertz CT molecular complexity index is 2800. The summed E-state index contributed by atoms with van der Waals surface area (Å²) < 4.78 is 8.34. The van der Waals surface area contributed by atoms with Gasteiger partial charge in [0.2, 0.25) is 5.95 Å². The number of hydrogen-bond acceptors (Lipinski definition) is 5. The highest BCUT2D eigenvalue weighted by Crippen LogP contribution is 2.36. The predicted molar refractivity (Wildman–Crippen MR) is 209 cm³/mol. The van der Waals surface area contributed by atoms with Crippen LogP contribution in [0.15, 0.2) is 180 Å². The number of imidazole rings is 1. The molecule has 0 saturated carbocycles. The first-order chi connectivity index (χ1) is 25.7. The van der Waals surface area contributed by atoms with E-state index in [2.05, 4.69) is 126 Å². The molecule has 0 amide bonds. The third-order valence-corrected chi connectivity index (χ3v) is 9.46.